The Morgan fingerprint density at radius 1 is 1.03 bits per heavy atom. The normalized spacial score (nSPS) is 15.5. The van der Waals surface area contributed by atoms with Crippen LogP contribution in [0.5, 0.6) is 5.75 Å². The molecule has 0 spiro atoms. The summed E-state index contributed by atoms with van der Waals surface area (Å²) in [5, 5.41) is 11.9. The number of rotatable bonds is 14. The number of hydrogen-bond donors (Lipinski definition) is 2. The number of hydrogen-bond acceptors (Lipinski definition) is 4. The van der Waals surface area contributed by atoms with Crippen LogP contribution in [0.1, 0.15) is 69.9 Å². The zero-order valence-corrected chi connectivity index (χ0v) is 23.2. The predicted molar refractivity (Wildman–Crippen MR) is 147 cm³/mol. The summed E-state index contributed by atoms with van der Waals surface area (Å²) in [6.07, 6.45) is 3.19. The average molecular weight is 567 g/mol. The second-order valence-corrected chi connectivity index (χ2v) is 11.1. The molecular weight excluding hydrogens is 529 g/mol. The van der Waals surface area contributed by atoms with Crippen molar-refractivity contribution >= 4 is 29.4 Å². The maximum Gasteiger partial charge on any atom is 0.573 e. The van der Waals surface area contributed by atoms with Crippen molar-refractivity contribution in [2.75, 3.05) is 11.9 Å². The Morgan fingerprint density at radius 3 is 2.36 bits per heavy atom. The van der Waals surface area contributed by atoms with Crippen molar-refractivity contribution in [3.05, 3.63) is 53.6 Å². The Kier molecular flexibility index (Phi) is 11.4. The Bertz CT molecular complexity index is 1090. The molecule has 0 aromatic heterocycles. The molecular formula is C29H37F3N2O4S. The van der Waals surface area contributed by atoms with E-state index in [4.69, 9.17) is 0 Å². The second-order valence-electron chi connectivity index (χ2n) is 9.84. The highest BCUT2D eigenvalue weighted by atomic mass is 32.2. The zero-order valence-electron chi connectivity index (χ0n) is 22.4. The van der Waals surface area contributed by atoms with E-state index in [1.54, 1.807) is 0 Å². The maximum absolute atomic E-state index is 13.4. The van der Waals surface area contributed by atoms with E-state index in [0.29, 0.717) is 31.5 Å². The number of carboxylic acid groups (broad SMARTS) is 1. The summed E-state index contributed by atoms with van der Waals surface area (Å²) in [6, 6.07) is 10.8. The van der Waals surface area contributed by atoms with Crippen molar-refractivity contribution in [2.24, 2.45) is 0 Å². The Morgan fingerprint density at radius 2 is 1.72 bits per heavy atom. The molecule has 3 rings (SSSR count). The summed E-state index contributed by atoms with van der Waals surface area (Å²) in [5.41, 5.74) is 2.64. The first kappa shape index (κ1) is 30.7. The fourth-order valence-corrected chi connectivity index (χ4v) is 5.93. The summed E-state index contributed by atoms with van der Waals surface area (Å²) >= 11 is 1.36. The zero-order chi connectivity index (χ0) is 28.4. The summed E-state index contributed by atoms with van der Waals surface area (Å²) in [7, 11) is 0. The number of urea groups is 1. The van der Waals surface area contributed by atoms with Gasteiger partial charge in [0.05, 0.1) is 0 Å². The monoisotopic (exact) mass is 566 g/mol. The highest BCUT2D eigenvalue weighted by molar-refractivity contribution is 8.00. The number of alkyl halides is 3. The van der Waals surface area contributed by atoms with Crippen LogP contribution < -0.4 is 10.1 Å². The highest BCUT2D eigenvalue weighted by Crippen LogP contribution is 2.33. The van der Waals surface area contributed by atoms with Crippen LogP contribution in [0.2, 0.25) is 0 Å². The largest absolute Gasteiger partial charge is 0.573 e. The first-order valence-electron chi connectivity index (χ1n) is 13.5. The molecule has 214 valence electrons. The van der Waals surface area contributed by atoms with Gasteiger partial charge in [-0.05, 0) is 73.2 Å². The van der Waals surface area contributed by atoms with Gasteiger partial charge in [0.2, 0.25) is 0 Å². The first-order chi connectivity index (χ1) is 18.6. The summed E-state index contributed by atoms with van der Waals surface area (Å²) in [5.74, 6) is -1.17. The molecule has 0 radical (unpaired) electrons. The van der Waals surface area contributed by atoms with Crippen LogP contribution in [0, 0.1) is 0 Å². The number of carbonyl (C=O) groups is 2. The van der Waals surface area contributed by atoms with E-state index in [0.717, 1.165) is 54.5 Å². The van der Waals surface area contributed by atoms with Crippen LogP contribution in [0.25, 0.3) is 0 Å². The molecule has 2 aromatic carbocycles. The van der Waals surface area contributed by atoms with E-state index in [2.05, 4.69) is 17.0 Å². The highest BCUT2D eigenvalue weighted by Gasteiger charge is 2.32. The molecule has 1 aliphatic carbocycles. The van der Waals surface area contributed by atoms with E-state index >= 15 is 0 Å². The van der Waals surface area contributed by atoms with Crippen molar-refractivity contribution in [3.63, 3.8) is 0 Å². The Hall–Kier alpha value is -2.88. The lowest BCUT2D eigenvalue weighted by Crippen LogP contribution is -2.44. The standard InChI is InChI=1S/C29H37F3N2O4S/c1-3-5-6-7-8-16-34(28(37)33-22-11-13-24(14-12-22)38-29(30,31)32)23-17-20-10-15-25(19-21(20)18-23)39-26(9-4-2)27(35)36/h10-15,19,23,26H,3-9,16-18H2,1-2H3,(H,33,37)(H,35,36). The van der Waals surface area contributed by atoms with Gasteiger partial charge in [-0.15, -0.1) is 24.9 Å². The molecule has 1 aliphatic rings. The van der Waals surface area contributed by atoms with Gasteiger partial charge in [0, 0.05) is 23.2 Å². The number of carboxylic acids is 1. The molecule has 2 aromatic rings. The third-order valence-electron chi connectivity index (χ3n) is 6.74. The Labute approximate surface area is 232 Å². The maximum atomic E-state index is 13.4. The minimum atomic E-state index is -4.78. The van der Waals surface area contributed by atoms with Crippen LogP contribution >= 0.6 is 11.8 Å². The molecule has 2 unspecified atom stereocenters. The number of amides is 2. The van der Waals surface area contributed by atoms with E-state index in [-0.39, 0.29) is 17.8 Å². The Balaban J connectivity index is 1.70. The molecule has 10 heteroatoms. The predicted octanol–water partition coefficient (Wildman–Crippen LogP) is 7.90. The number of carbonyl (C=O) groups excluding carboxylic acids is 1. The van der Waals surface area contributed by atoms with E-state index < -0.39 is 17.6 Å². The van der Waals surface area contributed by atoms with Gasteiger partial charge in [-0.3, -0.25) is 4.79 Å². The van der Waals surface area contributed by atoms with Gasteiger partial charge in [0.15, 0.2) is 0 Å². The molecule has 2 amide bonds. The van der Waals surface area contributed by atoms with Gasteiger partial charge in [-0.1, -0.05) is 52.0 Å². The molecule has 2 atom stereocenters. The van der Waals surface area contributed by atoms with Gasteiger partial charge in [-0.25, -0.2) is 4.79 Å². The third-order valence-corrected chi connectivity index (χ3v) is 7.98. The molecule has 0 saturated heterocycles. The number of aliphatic carboxylic acids is 1. The minimum Gasteiger partial charge on any atom is -0.480 e. The second kappa shape index (κ2) is 14.5. The fourth-order valence-electron chi connectivity index (χ4n) is 4.80. The number of benzene rings is 2. The number of fused-ring (bicyclic) bond motifs is 1. The van der Waals surface area contributed by atoms with Crippen LogP contribution in [0.4, 0.5) is 23.7 Å². The number of anilines is 1. The molecule has 0 aliphatic heterocycles. The van der Waals surface area contributed by atoms with Gasteiger partial charge >= 0.3 is 18.4 Å². The minimum absolute atomic E-state index is 0.0647. The molecule has 2 N–H and O–H groups in total. The van der Waals surface area contributed by atoms with E-state index in [1.807, 2.05) is 30.0 Å². The number of nitrogens with zero attached hydrogens (tertiary/aromatic N) is 1. The van der Waals surface area contributed by atoms with Crippen LogP contribution in [-0.4, -0.2) is 46.2 Å². The molecule has 39 heavy (non-hydrogen) atoms. The van der Waals surface area contributed by atoms with Gasteiger partial charge < -0.3 is 20.1 Å². The molecule has 0 saturated carbocycles. The smallest absolute Gasteiger partial charge is 0.480 e. The lowest BCUT2D eigenvalue weighted by molar-refractivity contribution is -0.274. The van der Waals surface area contributed by atoms with Crippen molar-refractivity contribution in [1.82, 2.24) is 4.90 Å². The molecule has 0 heterocycles. The summed E-state index contributed by atoms with van der Waals surface area (Å²) in [4.78, 5) is 27.7. The lowest BCUT2D eigenvalue weighted by Gasteiger charge is -2.29. The van der Waals surface area contributed by atoms with Gasteiger partial charge in [0.25, 0.3) is 0 Å². The topological polar surface area (TPSA) is 78.9 Å². The number of thioether (sulfide) groups is 1. The first-order valence-corrected chi connectivity index (χ1v) is 14.4. The number of nitrogens with one attached hydrogen (secondary N) is 1. The number of unbranched alkanes of at least 4 members (excludes halogenated alkanes) is 4. The van der Waals surface area contributed by atoms with Crippen LogP contribution in [-0.2, 0) is 17.6 Å². The van der Waals surface area contributed by atoms with Gasteiger partial charge in [0.1, 0.15) is 11.0 Å². The van der Waals surface area contributed by atoms with E-state index in [9.17, 15) is 27.9 Å². The SMILES string of the molecule is CCCCCCCN(C(=O)Nc1ccc(OC(F)(F)F)cc1)C1Cc2ccc(SC(CCC)C(=O)O)cc2C1. The van der Waals surface area contributed by atoms with Crippen LogP contribution in [0.15, 0.2) is 47.4 Å². The summed E-state index contributed by atoms with van der Waals surface area (Å²) in [6.45, 7) is 4.69. The summed E-state index contributed by atoms with van der Waals surface area (Å²) < 4.78 is 41.3. The third kappa shape index (κ3) is 9.67. The van der Waals surface area contributed by atoms with E-state index in [1.165, 1.54) is 36.0 Å². The van der Waals surface area contributed by atoms with Crippen molar-refractivity contribution in [2.45, 2.75) is 94.2 Å². The molecule has 0 bridgehead atoms. The van der Waals surface area contributed by atoms with Crippen LogP contribution in [0.3, 0.4) is 0 Å². The van der Waals surface area contributed by atoms with Gasteiger partial charge in [-0.2, -0.15) is 0 Å². The van der Waals surface area contributed by atoms with Crippen molar-refractivity contribution in [1.29, 1.82) is 0 Å². The molecule has 6 nitrogen and oxygen atoms in total. The number of halogens is 3. The fraction of sp³-hybridized carbons (Fsp3) is 0.517. The van der Waals surface area contributed by atoms with Crippen molar-refractivity contribution < 1.29 is 32.6 Å². The van der Waals surface area contributed by atoms with Crippen molar-refractivity contribution in [3.8, 4) is 5.75 Å². The quantitative estimate of drug-likeness (QED) is 0.180. The molecule has 0 fully saturated rings. The lowest BCUT2D eigenvalue weighted by atomic mass is 10.1. The number of ether oxygens (including phenoxy) is 1. The average Bonchev–Trinajstić information content (AvgIpc) is 3.29.